The first-order valence-electron chi connectivity index (χ1n) is 8.04. The summed E-state index contributed by atoms with van der Waals surface area (Å²) in [6.07, 6.45) is 2.15. The molecule has 6 heteroatoms. The lowest BCUT2D eigenvalue weighted by Gasteiger charge is -2.16. The fraction of sp³-hybridized carbons (Fsp3) is 0.444. The Morgan fingerprint density at radius 1 is 1.29 bits per heavy atom. The number of carbonyl (C=O) groups excluding carboxylic acids is 1. The average Bonchev–Trinajstić information content (AvgIpc) is 2.90. The second-order valence-electron chi connectivity index (χ2n) is 6.24. The minimum absolute atomic E-state index is 0.175. The maximum atomic E-state index is 12.6. The molecule has 2 N–H and O–H groups in total. The minimum atomic E-state index is -1.01. The van der Waals surface area contributed by atoms with Crippen LogP contribution in [0.25, 0.3) is 10.9 Å². The van der Waals surface area contributed by atoms with Gasteiger partial charge < -0.3 is 19.7 Å². The van der Waals surface area contributed by atoms with Gasteiger partial charge in [-0.3, -0.25) is 4.79 Å². The molecular formula is C18H24N2O4. The van der Waals surface area contributed by atoms with Crippen LogP contribution < -0.4 is 5.32 Å². The number of aromatic nitrogens is 1. The van der Waals surface area contributed by atoms with Gasteiger partial charge in [-0.25, -0.2) is 4.79 Å². The molecule has 1 amide bonds. The van der Waals surface area contributed by atoms with Gasteiger partial charge in [0.1, 0.15) is 6.04 Å². The van der Waals surface area contributed by atoms with Crippen molar-refractivity contribution in [3.8, 4) is 0 Å². The molecule has 2 aromatic rings. The van der Waals surface area contributed by atoms with Crippen LogP contribution in [0.5, 0.6) is 0 Å². The third-order valence-corrected chi connectivity index (χ3v) is 3.88. The summed E-state index contributed by atoms with van der Waals surface area (Å²) in [4.78, 5) is 24.0. The zero-order valence-corrected chi connectivity index (χ0v) is 14.3. The molecule has 0 spiro atoms. The van der Waals surface area contributed by atoms with Crippen LogP contribution in [0.15, 0.2) is 30.5 Å². The van der Waals surface area contributed by atoms with E-state index in [2.05, 4.69) is 5.32 Å². The number of aliphatic carboxylic acids is 1. The van der Waals surface area contributed by atoms with Gasteiger partial charge in [-0.2, -0.15) is 0 Å². The molecule has 1 heterocycles. The van der Waals surface area contributed by atoms with Gasteiger partial charge in [0.2, 0.25) is 0 Å². The maximum absolute atomic E-state index is 12.6. The molecule has 0 saturated carbocycles. The first-order valence-corrected chi connectivity index (χ1v) is 8.04. The molecule has 1 aromatic heterocycles. The highest BCUT2D eigenvalue weighted by atomic mass is 16.5. The molecule has 130 valence electrons. The summed E-state index contributed by atoms with van der Waals surface area (Å²) in [5.41, 5.74) is 1.41. The Hall–Kier alpha value is -2.34. The highest BCUT2D eigenvalue weighted by Gasteiger charge is 2.23. The minimum Gasteiger partial charge on any atom is -0.480 e. The van der Waals surface area contributed by atoms with Crippen LogP contribution in [0.2, 0.25) is 0 Å². The predicted octanol–water partition coefficient (Wildman–Crippen LogP) is 2.52. The number of amides is 1. The summed E-state index contributed by atoms with van der Waals surface area (Å²) in [5, 5.41) is 12.8. The van der Waals surface area contributed by atoms with E-state index in [4.69, 9.17) is 4.74 Å². The lowest BCUT2D eigenvalue weighted by molar-refractivity contribution is -0.139. The van der Waals surface area contributed by atoms with Crippen molar-refractivity contribution in [1.82, 2.24) is 9.88 Å². The van der Waals surface area contributed by atoms with E-state index in [0.717, 1.165) is 10.9 Å². The van der Waals surface area contributed by atoms with Gasteiger partial charge in [0.05, 0.1) is 12.2 Å². The average molecular weight is 332 g/mol. The van der Waals surface area contributed by atoms with Gasteiger partial charge in [0.15, 0.2) is 0 Å². The highest BCUT2D eigenvalue weighted by molar-refractivity contribution is 6.07. The first kappa shape index (κ1) is 18.0. The molecule has 6 nitrogen and oxygen atoms in total. The largest absolute Gasteiger partial charge is 0.480 e. The van der Waals surface area contributed by atoms with E-state index in [1.54, 1.807) is 13.3 Å². The molecule has 1 atom stereocenters. The van der Waals surface area contributed by atoms with E-state index < -0.39 is 12.0 Å². The molecule has 0 aliphatic heterocycles. The number of benzene rings is 1. The van der Waals surface area contributed by atoms with Crippen LogP contribution >= 0.6 is 0 Å². The summed E-state index contributed by atoms with van der Waals surface area (Å²) in [6, 6.07) is 6.68. The second kappa shape index (κ2) is 7.97. The zero-order chi connectivity index (χ0) is 17.7. The molecule has 0 aliphatic carbocycles. The van der Waals surface area contributed by atoms with Crippen LogP contribution in [-0.2, 0) is 16.1 Å². The first-order chi connectivity index (χ1) is 11.4. The number of para-hydroxylation sites is 1. The lowest BCUT2D eigenvalue weighted by Crippen LogP contribution is -2.41. The Balaban J connectivity index is 2.30. The van der Waals surface area contributed by atoms with Crippen LogP contribution in [0, 0.1) is 5.92 Å². The van der Waals surface area contributed by atoms with Crippen molar-refractivity contribution < 1.29 is 19.4 Å². The second-order valence-corrected chi connectivity index (χ2v) is 6.24. The van der Waals surface area contributed by atoms with Crippen molar-refractivity contribution >= 4 is 22.8 Å². The Morgan fingerprint density at radius 2 is 2.00 bits per heavy atom. The third kappa shape index (κ3) is 4.14. The van der Waals surface area contributed by atoms with Crippen molar-refractivity contribution in [1.29, 1.82) is 0 Å². The fourth-order valence-corrected chi connectivity index (χ4v) is 2.73. The smallest absolute Gasteiger partial charge is 0.326 e. The predicted molar refractivity (Wildman–Crippen MR) is 92.2 cm³/mol. The SMILES string of the molecule is COCCn1cc(C(=O)N[C@H](CC(C)C)C(=O)O)c2ccccc21. The van der Waals surface area contributed by atoms with Gasteiger partial charge in [0.25, 0.3) is 5.91 Å². The number of fused-ring (bicyclic) bond motifs is 1. The van der Waals surface area contributed by atoms with Crippen molar-refractivity contribution in [3.05, 3.63) is 36.0 Å². The van der Waals surface area contributed by atoms with Gasteiger partial charge >= 0.3 is 5.97 Å². The normalized spacial score (nSPS) is 12.5. The number of ether oxygens (including phenoxy) is 1. The Labute approximate surface area is 141 Å². The number of nitrogens with one attached hydrogen (secondary N) is 1. The summed E-state index contributed by atoms with van der Waals surface area (Å²) >= 11 is 0. The monoisotopic (exact) mass is 332 g/mol. The molecule has 0 fully saturated rings. The van der Waals surface area contributed by atoms with Gasteiger partial charge in [0, 0.05) is 30.8 Å². The molecule has 1 aromatic carbocycles. The quantitative estimate of drug-likeness (QED) is 0.778. The number of hydrogen-bond donors (Lipinski definition) is 2. The zero-order valence-electron chi connectivity index (χ0n) is 14.3. The number of hydrogen-bond acceptors (Lipinski definition) is 3. The van der Waals surface area contributed by atoms with Crippen molar-refractivity contribution in [3.63, 3.8) is 0 Å². The van der Waals surface area contributed by atoms with E-state index in [9.17, 15) is 14.7 Å². The molecule has 0 unspecified atom stereocenters. The Bertz CT molecular complexity index is 721. The summed E-state index contributed by atoms with van der Waals surface area (Å²) in [7, 11) is 1.63. The summed E-state index contributed by atoms with van der Waals surface area (Å²) in [6.45, 7) is 5.01. The number of carboxylic acids is 1. The topological polar surface area (TPSA) is 80.6 Å². The van der Waals surface area contributed by atoms with Gasteiger partial charge in [-0.1, -0.05) is 32.0 Å². The molecule has 24 heavy (non-hydrogen) atoms. The van der Waals surface area contributed by atoms with E-state index >= 15 is 0 Å². The summed E-state index contributed by atoms with van der Waals surface area (Å²) < 4.78 is 7.06. The number of rotatable bonds is 8. The van der Waals surface area contributed by atoms with Gasteiger partial charge in [-0.15, -0.1) is 0 Å². The Morgan fingerprint density at radius 3 is 2.62 bits per heavy atom. The molecule has 2 rings (SSSR count). The standard InChI is InChI=1S/C18H24N2O4/c1-12(2)10-15(18(22)23)19-17(21)14-11-20(8-9-24-3)16-7-5-4-6-13(14)16/h4-7,11-12,15H,8-10H2,1-3H3,(H,19,21)(H,22,23)/t15-/m1/s1. The van der Waals surface area contributed by atoms with Crippen LogP contribution in [0.4, 0.5) is 0 Å². The summed E-state index contributed by atoms with van der Waals surface area (Å²) in [5.74, 6) is -1.20. The van der Waals surface area contributed by atoms with Crippen molar-refractivity contribution in [2.75, 3.05) is 13.7 Å². The van der Waals surface area contributed by atoms with E-state index in [1.807, 2.05) is 42.7 Å². The number of methoxy groups -OCH3 is 1. The van der Waals surface area contributed by atoms with Crippen LogP contribution in [0.1, 0.15) is 30.6 Å². The number of nitrogens with zero attached hydrogens (tertiary/aromatic N) is 1. The third-order valence-electron chi connectivity index (χ3n) is 3.88. The van der Waals surface area contributed by atoms with E-state index in [0.29, 0.717) is 25.1 Å². The maximum Gasteiger partial charge on any atom is 0.326 e. The van der Waals surface area contributed by atoms with Crippen LogP contribution in [-0.4, -0.2) is 41.3 Å². The number of carbonyl (C=O) groups is 2. The number of carboxylic acid groups (broad SMARTS) is 1. The molecule has 0 aliphatic rings. The molecule has 0 bridgehead atoms. The highest BCUT2D eigenvalue weighted by Crippen LogP contribution is 2.21. The molecule has 0 saturated heterocycles. The molecular weight excluding hydrogens is 308 g/mol. The fourth-order valence-electron chi connectivity index (χ4n) is 2.73. The van der Waals surface area contributed by atoms with Crippen LogP contribution in [0.3, 0.4) is 0 Å². The lowest BCUT2D eigenvalue weighted by atomic mass is 10.0. The molecule has 0 radical (unpaired) electrons. The van der Waals surface area contributed by atoms with Crippen molar-refractivity contribution in [2.45, 2.75) is 32.9 Å². The Kier molecular flexibility index (Phi) is 5.98. The van der Waals surface area contributed by atoms with Gasteiger partial charge in [-0.05, 0) is 18.4 Å². The van der Waals surface area contributed by atoms with E-state index in [-0.39, 0.29) is 11.8 Å². The van der Waals surface area contributed by atoms with E-state index in [1.165, 1.54) is 0 Å². The van der Waals surface area contributed by atoms with Crippen molar-refractivity contribution in [2.24, 2.45) is 5.92 Å².